The van der Waals surface area contributed by atoms with Crippen molar-refractivity contribution >= 4 is 46.7 Å². The van der Waals surface area contributed by atoms with Crippen LogP contribution >= 0.6 is 34.8 Å². The highest BCUT2D eigenvalue weighted by molar-refractivity contribution is 6.48. The molecule has 3 aromatic rings. The number of aryl methyl sites for hydroxylation is 1. The molecule has 1 aromatic heterocycles. The van der Waals surface area contributed by atoms with E-state index in [1.807, 2.05) is 6.07 Å². The van der Waals surface area contributed by atoms with Crippen molar-refractivity contribution < 1.29 is 18.0 Å². The minimum atomic E-state index is -4.54. The van der Waals surface area contributed by atoms with Crippen LogP contribution in [0.25, 0.3) is 5.69 Å². The molecule has 35 heavy (non-hydrogen) atoms. The third-order valence-corrected chi connectivity index (χ3v) is 6.83. The van der Waals surface area contributed by atoms with Crippen molar-refractivity contribution in [1.29, 1.82) is 5.26 Å². The summed E-state index contributed by atoms with van der Waals surface area (Å²) in [5.41, 5.74) is 1.04. The number of nitriles is 1. The largest absolute Gasteiger partial charge is 0.395 e. The molecule has 1 amide bonds. The number of hydrogen-bond acceptors (Lipinski definition) is 4. The van der Waals surface area contributed by atoms with Gasteiger partial charge in [-0.1, -0.05) is 40.9 Å². The highest BCUT2D eigenvalue weighted by atomic mass is 35.5. The van der Waals surface area contributed by atoms with Gasteiger partial charge in [0.2, 0.25) is 11.9 Å². The van der Waals surface area contributed by atoms with E-state index in [2.05, 4.69) is 15.4 Å². The number of aromatic nitrogens is 3. The molecule has 1 unspecified atom stereocenters. The summed E-state index contributed by atoms with van der Waals surface area (Å²) in [6, 6.07) is 9.08. The lowest BCUT2D eigenvalue weighted by molar-refractivity contribution is -0.151. The Bertz CT molecular complexity index is 1290. The average Bonchev–Trinajstić information content (AvgIpc) is 3.56. The lowest BCUT2D eigenvalue weighted by atomic mass is 9.91. The van der Waals surface area contributed by atoms with Gasteiger partial charge < -0.3 is 0 Å². The quantitative estimate of drug-likeness (QED) is 0.336. The molecular formula is C23H17Cl3F3N5O. The van der Waals surface area contributed by atoms with Crippen molar-refractivity contribution in [2.75, 3.05) is 5.32 Å². The van der Waals surface area contributed by atoms with Gasteiger partial charge in [-0.25, -0.2) is 4.68 Å². The number of hydrogen-bond donors (Lipinski definition) is 1. The van der Waals surface area contributed by atoms with Crippen LogP contribution in [0.1, 0.15) is 41.9 Å². The summed E-state index contributed by atoms with van der Waals surface area (Å²) in [7, 11) is 0. The molecule has 1 aliphatic carbocycles. The van der Waals surface area contributed by atoms with E-state index in [4.69, 9.17) is 34.8 Å². The van der Waals surface area contributed by atoms with Gasteiger partial charge in [0.1, 0.15) is 12.4 Å². The van der Waals surface area contributed by atoms with Gasteiger partial charge in [-0.05, 0) is 61.1 Å². The number of anilines is 1. The SMILES string of the molecule is N#Cc1cc(CCC(c2cc(Cl)c(Cl)c(Cl)c2)C(F)(F)F)ccc1-n1cnc(NC(=O)C2CC2)n1. The molecule has 0 spiro atoms. The number of rotatable bonds is 7. The Morgan fingerprint density at radius 2 is 1.89 bits per heavy atom. The maximum Gasteiger partial charge on any atom is 0.395 e. The average molecular weight is 543 g/mol. The predicted molar refractivity (Wildman–Crippen MR) is 126 cm³/mol. The lowest BCUT2D eigenvalue weighted by Gasteiger charge is -2.22. The first-order valence-corrected chi connectivity index (χ1v) is 11.7. The molecule has 1 atom stereocenters. The van der Waals surface area contributed by atoms with E-state index in [9.17, 15) is 23.2 Å². The molecule has 4 rings (SSSR count). The van der Waals surface area contributed by atoms with Crippen LogP contribution in [-0.2, 0) is 11.2 Å². The van der Waals surface area contributed by atoms with Crippen LogP contribution in [-0.4, -0.2) is 26.8 Å². The fraction of sp³-hybridized carbons (Fsp3) is 0.304. The number of benzene rings is 2. The van der Waals surface area contributed by atoms with Crippen LogP contribution in [0, 0.1) is 17.2 Å². The van der Waals surface area contributed by atoms with Crippen molar-refractivity contribution in [2.24, 2.45) is 5.92 Å². The fourth-order valence-corrected chi connectivity index (χ4v) is 4.24. The number of alkyl halides is 3. The summed E-state index contributed by atoms with van der Waals surface area (Å²) < 4.78 is 42.8. The van der Waals surface area contributed by atoms with Gasteiger partial charge in [0, 0.05) is 5.92 Å². The Hall–Kier alpha value is -2.80. The summed E-state index contributed by atoms with van der Waals surface area (Å²) in [6.45, 7) is 0. The molecule has 182 valence electrons. The Labute approximate surface area is 213 Å². The van der Waals surface area contributed by atoms with Gasteiger partial charge >= 0.3 is 6.18 Å². The molecule has 1 heterocycles. The van der Waals surface area contributed by atoms with E-state index < -0.39 is 12.1 Å². The standard InChI is InChI=1S/C23H17Cl3F3N5O/c24-17-8-14(9-18(25)20(17)26)16(23(27,28)29)5-1-12-2-6-19(15(7-12)10-30)34-11-31-22(33-34)32-21(35)13-3-4-13/h2,6-9,11,13,16H,1,3-5H2,(H,32,33,35). The summed E-state index contributed by atoms with van der Waals surface area (Å²) in [5, 5.41) is 16.3. The van der Waals surface area contributed by atoms with Crippen molar-refractivity contribution in [1.82, 2.24) is 14.8 Å². The zero-order valence-corrected chi connectivity index (χ0v) is 20.2. The van der Waals surface area contributed by atoms with E-state index >= 15 is 0 Å². The minimum absolute atomic E-state index is 0.00404. The van der Waals surface area contributed by atoms with E-state index in [1.165, 1.54) is 29.2 Å². The van der Waals surface area contributed by atoms with Gasteiger partial charge in [0.25, 0.3) is 0 Å². The first kappa shape index (κ1) is 25.3. The minimum Gasteiger partial charge on any atom is -0.293 e. The molecule has 0 radical (unpaired) electrons. The molecule has 12 heteroatoms. The molecule has 1 saturated carbocycles. The normalized spacial score (nSPS) is 14.4. The molecule has 0 saturated heterocycles. The molecule has 2 aromatic carbocycles. The number of halogens is 6. The van der Waals surface area contributed by atoms with Gasteiger partial charge in [0.15, 0.2) is 0 Å². The molecule has 0 bridgehead atoms. The van der Waals surface area contributed by atoms with Gasteiger partial charge in [0.05, 0.1) is 32.2 Å². The van der Waals surface area contributed by atoms with E-state index in [0.717, 1.165) is 12.8 Å². The maximum absolute atomic E-state index is 13.8. The topological polar surface area (TPSA) is 83.6 Å². The van der Waals surface area contributed by atoms with E-state index in [0.29, 0.717) is 11.3 Å². The molecule has 1 aliphatic rings. The zero-order chi connectivity index (χ0) is 25.3. The zero-order valence-electron chi connectivity index (χ0n) is 17.9. The maximum atomic E-state index is 13.8. The lowest BCUT2D eigenvalue weighted by Crippen LogP contribution is -2.21. The van der Waals surface area contributed by atoms with E-state index in [-0.39, 0.29) is 56.8 Å². The van der Waals surface area contributed by atoms with E-state index in [1.54, 1.807) is 12.1 Å². The Kier molecular flexibility index (Phi) is 7.27. The number of carbonyl (C=O) groups excluding carboxylic acids is 1. The second-order valence-corrected chi connectivity index (χ2v) is 9.36. The Morgan fingerprint density at radius 1 is 1.20 bits per heavy atom. The number of nitrogens with zero attached hydrogens (tertiary/aromatic N) is 4. The van der Waals surface area contributed by atoms with Crippen LogP contribution in [0.2, 0.25) is 15.1 Å². The van der Waals surface area contributed by atoms with Crippen LogP contribution in [0.4, 0.5) is 19.1 Å². The molecular weight excluding hydrogens is 526 g/mol. The third kappa shape index (κ3) is 5.89. The van der Waals surface area contributed by atoms with Gasteiger partial charge in [-0.3, -0.25) is 10.1 Å². The summed E-state index contributed by atoms with van der Waals surface area (Å²) >= 11 is 17.7. The first-order valence-electron chi connectivity index (χ1n) is 10.5. The second-order valence-electron chi connectivity index (χ2n) is 8.17. The van der Waals surface area contributed by atoms with Crippen molar-refractivity contribution in [3.05, 3.63) is 68.4 Å². The van der Waals surface area contributed by atoms with Crippen molar-refractivity contribution in [2.45, 2.75) is 37.8 Å². The van der Waals surface area contributed by atoms with Crippen LogP contribution in [0.15, 0.2) is 36.7 Å². The molecule has 0 aliphatic heterocycles. The van der Waals surface area contributed by atoms with Gasteiger partial charge in [-0.15, -0.1) is 5.10 Å². The molecule has 1 N–H and O–H groups in total. The highest BCUT2D eigenvalue weighted by Gasteiger charge is 2.40. The van der Waals surface area contributed by atoms with Crippen LogP contribution in [0.3, 0.4) is 0 Å². The molecule has 1 fully saturated rings. The Balaban J connectivity index is 1.52. The monoisotopic (exact) mass is 541 g/mol. The second kappa shape index (κ2) is 10.1. The Morgan fingerprint density at radius 3 is 2.49 bits per heavy atom. The summed E-state index contributed by atoms with van der Waals surface area (Å²) in [4.78, 5) is 15.9. The van der Waals surface area contributed by atoms with Gasteiger partial charge in [-0.2, -0.15) is 23.4 Å². The first-order chi connectivity index (χ1) is 16.6. The van der Waals surface area contributed by atoms with Crippen molar-refractivity contribution in [3.8, 4) is 11.8 Å². The number of nitrogens with one attached hydrogen (secondary N) is 1. The van der Waals surface area contributed by atoms with Crippen molar-refractivity contribution in [3.63, 3.8) is 0 Å². The van der Waals surface area contributed by atoms with Crippen LogP contribution in [0.5, 0.6) is 0 Å². The summed E-state index contributed by atoms with van der Waals surface area (Å²) in [6.07, 6.45) is -1.77. The summed E-state index contributed by atoms with van der Waals surface area (Å²) in [5.74, 6) is -1.88. The highest BCUT2D eigenvalue weighted by Crippen LogP contribution is 2.42. The number of carbonyl (C=O) groups is 1. The smallest absolute Gasteiger partial charge is 0.293 e. The fourth-order valence-electron chi connectivity index (χ4n) is 3.63. The molecule has 6 nitrogen and oxygen atoms in total. The number of amides is 1. The predicted octanol–water partition coefficient (Wildman–Crippen LogP) is 6.73. The third-order valence-electron chi connectivity index (χ3n) is 5.63. The van der Waals surface area contributed by atoms with Crippen LogP contribution < -0.4 is 5.32 Å².